The number of fused-ring (bicyclic) bond motifs is 1. The third-order valence-corrected chi connectivity index (χ3v) is 6.29. The smallest absolute Gasteiger partial charge is 0.251 e. The first-order valence-corrected chi connectivity index (χ1v) is 10.2. The van der Waals surface area contributed by atoms with Gasteiger partial charge in [0.1, 0.15) is 0 Å². The summed E-state index contributed by atoms with van der Waals surface area (Å²) in [6.07, 6.45) is 5.24. The molecule has 1 aromatic carbocycles. The van der Waals surface area contributed by atoms with Crippen LogP contribution >= 0.6 is 0 Å². The molecule has 7 heteroatoms. The lowest BCUT2D eigenvalue weighted by Crippen LogP contribution is -2.31. The van der Waals surface area contributed by atoms with Gasteiger partial charge in [0.25, 0.3) is 0 Å². The fourth-order valence-corrected chi connectivity index (χ4v) is 5.45. The molecule has 0 atom stereocenters. The zero-order chi connectivity index (χ0) is 15.0. The van der Waals surface area contributed by atoms with Gasteiger partial charge in [0, 0.05) is 19.1 Å². The molecule has 0 saturated carbocycles. The molecule has 0 aliphatic carbocycles. The van der Waals surface area contributed by atoms with E-state index in [9.17, 15) is 12.6 Å². The highest BCUT2D eigenvalue weighted by molar-refractivity contribution is 8.03. The maximum absolute atomic E-state index is 12.4. The molecule has 0 amide bonds. The van der Waals surface area contributed by atoms with Crippen LogP contribution in [0, 0.1) is 6.92 Å². The Balaban J connectivity index is 2.63. The van der Waals surface area contributed by atoms with E-state index >= 15 is 0 Å². The molecule has 5 nitrogen and oxygen atoms in total. The molecule has 1 heterocycles. The number of benzene rings is 1. The molecule has 0 unspecified atom stereocenters. The van der Waals surface area contributed by atoms with E-state index in [0.29, 0.717) is 12.2 Å². The van der Waals surface area contributed by atoms with Crippen molar-refractivity contribution < 1.29 is 12.6 Å². The maximum Gasteiger partial charge on any atom is 0.352 e. The molecule has 1 aromatic rings. The van der Waals surface area contributed by atoms with Crippen LogP contribution in [0.15, 0.2) is 22.0 Å². The summed E-state index contributed by atoms with van der Waals surface area (Å²) in [6, 6.07) is 5.78. The van der Waals surface area contributed by atoms with Crippen molar-refractivity contribution in [1.29, 1.82) is 0 Å². The van der Waals surface area contributed by atoms with Gasteiger partial charge < -0.3 is 0 Å². The molecule has 20 heavy (non-hydrogen) atoms. The van der Waals surface area contributed by atoms with Crippen LogP contribution in [0.1, 0.15) is 24.0 Å². The van der Waals surface area contributed by atoms with Gasteiger partial charge in [-0.2, -0.15) is 8.42 Å². The van der Waals surface area contributed by atoms with E-state index < -0.39 is 19.9 Å². The minimum absolute atomic E-state index is 0.388. The van der Waals surface area contributed by atoms with Crippen molar-refractivity contribution in [2.75, 3.05) is 23.4 Å². The molecular weight excluding hydrogens is 296 g/mol. The first-order valence-electron chi connectivity index (χ1n) is 6.50. The largest absolute Gasteiger partial charge is 0.352 e. The van der Waals surface area contributed by atoms with Crippen LogP contribution in [-0.2, 0) is 26.4 Å². The summed E-state index contributed by atoms with van der Waals surface area (Å²) in [4.78, 5) is 0. The van der Waals surface area contributed by atoms with E-state index in [2.05, 4.69) is 3.77 Å². The summed E-state index contributed by atoms with van der Waals surface area (Å²) in [5.41, 5.74) is 2.62. The molecule has 0 N–H and O–H groups in total. The lowest BCUT2D eigenvalue weighted by Gasteiger charge is -2.23. The molecule has 0 fully saturated rings. The van der Waals surface area contributed by atoms with E-state index in [1.807, 2.05) is 25.1 Å². The Morgan fingerprint density at radius 1 is 1.15 bits per heavy atom. The molecule has 2 rings (SSSR count). The average molecular weight is 316 g/mol. The summed E-state index contributed by atoms with van der Waals surface area (Å²) in [6.45, 7) is 2.28. The second-order valence-electron chi connectivity index (χ2n) is 5.35. The SMILES string of the molecule is Cc1cccc2c1N(S(=O)(=O)N=S(C)(C)=O)CCCC2. The van der Waals surface area contributed by atoms with Crippen molar-refractivity contribution in [1.82, 2.24) is 0 Å². The maximum atomic E-state index is 12.4. The third-order valence-electron chi connectivity index (χ3n) is 3.18. The van der Waals surface area contributed by atoms with Crippen molar-refractivity contribution in [3.63, 3.8) is 0 Å². The van der Waals surface area contributed by atoms with Gasteiger partial charge in [0.2, 0.25) is 0 Å². The summed E-state index contributed by atoms with van der Waals surface area (Å²) >= 11 is 0. The van der Waals surface area contributed by atoms with Gasteiger partial charge >= 0.3 is 10.2 Å². The number of rotatable bonds is 2. The van der Waals surface area contributed by atoms with Crippen LogP contribution in [0.2, 0.25) is 0 Å². The van der Waals surface area contributed by atoms with Crippen LogP contribution in [0.3, 0.4) is 0 Å². The highest BCUT2D eigenvalue weighted by Crippen LogP contribution is 2.32. The van der Waals surface area contributed by atoms with Crippen LogP contribution < -0.4 is 4.31 Å². The fraction of sp³-hybridized carbons (Fsp3) is 0.538. The molecule has 0 spiro atoms. The number of anilines is 1. The van der Waals surface area contributed by atoms with Crippen LogP contribution in [-0.4, -0.2) is 31.7 Å². The minimum atomic E-state index is -3.92. The third kappa shape index (κ3) is 3.32. The van der Waals surface area contributed by atoms with Gasteiger partial charge in [0.15, 0.2) is 0 Å². The minimum Gasteiger partial charge on any atom is -0.251 e. The van der Waals surface area contributed by atoms with Crippen molar-refractivity contribution in [2.45, 2.75) is 26.2 Å². The van der Waals surface area contributed by atoms with Crippen molar-refractivity contribution >= 4 is 25.6 Å². The van der Waals surface area contributed by atoms with Gasteiger partial charge in [-0.15, -0.1) is 0 Å². The first-order chi connectivity index (χ1) is 9.21. The number of hydrogen-bond acceptors (Lipinski definition) is 3. The molecule has 0 aromatic heterocycles. The predicted octanol–water partition coefficient (Wildman–Crippen LogP) is 2.11. The van der Waals surface area contributed by atoms with Gasteiger partial charge in [0.05, 0.1) is 15.4 Å². The monoisotopic (exact) mass is 316 g/mol. The first kappa shape index (κ1) is 15.3. The van der Waals surface area contributed by atoms with Gasteiger partial charge in [-0.3, -0.25) is 4.31 Å². The van der Waals surface area contributed by atoms with Crippen molar-refractivity contribution in [3.05, 3.63) is 29.3 Å². The zero-order valence-corrected chi connectivity index (χ0v) is 13.6. The Morgan fingerprint density at radius 3 is 2.50 bits per heavy atom. The van der Waals surface area contributed by atoms with E-state index in [4.69, 9.17) is 0 Å². The fourth-order valence-electron chi connectivity index (χ4n) is 2.46. The zero-order valence-electron chi connectivity index (χ0n) is 12.0. The summed E-state index contributed by atoms with van der Waals surface area (Å²) in [7, 11) is -6.63. The Kier molecular flexibility index (Phi) is 4.11. The van der Waals surface area contributed by atoms with Crippen LogP contribution in [0.5, 0.6) is 0 Å². The second-order valence-corrected chi connectivity index (χ2v) is 9.64. The molecule has 0 radical (unpaired) electrons. The Morgan fingerprint density at radius 2 is 1.85 bits per heavy atom. The number of nitrogens with zero attached hydrogens (tertiary/aromatic N) is 2. The van der Waals surface area contributed by atoms with Crippen molar-refractivity contribution in [2.24, 2.45) is 3.77 Å². The average Bonchev–Trinajstić information content (AvgIpc) is 2.49. The lowest BCUT2D eigenvalue weighted by molar-refractivity contribution is 0.591. The summed E-state index contributed by atoms with van der Waals surface area (Å²) in [5, 5.41) is 0. The second kappa shape index (κ2) is 5.37. The number of aryl methyl sites for hydroxylation is 2. The predicted molar refractivity (Wildman–Crippen MR) is 82.8 cm³/mol. The molecule has 1 aliphatic heterocycles. The van der Waals surface area contributed by atoms with Crippen molar-refractivity contribution in [3.8, 4) is 0 Å². The summed E-state index contributed by atoms with van der Waals surface area (Å²) in [5.74, 6) is 0. The molecule has 112 valence electrons. The Hall–Kier alpha value is -1.08. The number of hydrogen-bond donors (Lipinski definition) is 0. The highest BCUT2D eigenvalue weighted by Gasteiger charge is 2.27. The highest BCUT2D eigenvalue weighted by atomic mass is 32.3. The van der Waals surface area contributed by atoms with Gasteiger partial charge in [-0.1, -0.05) is 22.0 Å². The van der Waals surface area contributed by atoms with Crippen LogP contribution in [0.25, 0.3) is 0 Å². The molecule has 1 aliphatic rings. The van der Waals surface area contributed by atoms with E-state index in [1.165, 1.54) is 16.8 Å². The van der Waals surface area contributed by atoms with Gasteiger partial charge in [-0.05, 0) is 37.3 Å². The molecular formula is C13H20N2O3S2. The van der Waals surface area contributed by atoms with Gasteiger partial charge in [-0.25, -0.2) is 4.21 Å². The lowest BCUT2D eigenvalue weighted by atomic mass is 10.0. The van der Waals surface area contributed by atoms with E-state index in [0.717, 1.165) is 30.4 Å². The number of para-hydroxylation sites is 1. The topological polar surface area (TPSA) is 66.8 Å². The Labute approximate surface area is 121 Å². The van der Waals surface area contributed by atoms with Crippen LogP contribution in [0.4, 0.5) is 5.69 Å². The normalized spacial score (nSPS) is 16.4. The quantitative estimate of drug-likeness (QED) is 0.839. The molecule has 0 bridgehead atoms. The van der Waals surface area contributed by atoms with E-state index in [-0.39, 0.29) is 0 Å². The molecule has 0 saturated heterocycles. The van der Waals surface area contributed by atoms with E-state index in [1.54, 1.807) is 0 Å². The Bertz CT molecular complexity index is 724. The summed E-state index contributed by atoms with van der Waals surface area (Å²) < 4.78 is 41.5. The standard InChI is InChI=1S/C13H20N2O3S2/c1-11-7-6-9-12-8-4-5-10-15(13(11)12)20(17,18)14-19(2,3)16/h6-7,9H,4-5,8,10H2,1-3H3.